The lowest BCUT2D eigenvalue weighted by molar-refractivity contribution is 1.57. The summed E-state index contributed by atoms with van der Waals surface area (Å²) >= 11 is 2.45. The Hall–Kier alpha value is -1.87. The molecule has 0 aliphatic rings. The van der Waals surface area contributed by atoms with Crippen molar-refractivity contribution in [3.8, 4) is 11.1 Å². The topological polar surface area (TPSA) is 0 Å². The summed E-state index contributed by atoms with van der Waals surface area (Å²) < 4.78 is 1.28. The van der Waals surface area contributed by atoms with Crippen LogP contribution in [0.25, 0.3) is 34.1 Å². The fourth-order valence-electron chi connectivity index (χ4n) is 2.89. The molecule has 0 radical (unpaired) electrons. The van der Waals surface area contributed by atoms with E-state index in [9.17, 15) is 0 Å². The van der Waals surface area contributed by atoms with Gasteiger partial charge in [-0.15, -0.1) is 0 Å². The summed E-state index contributed by atoms with van der Waals surface area (Å²) in [6.45, 7) is 6.13. The Morgan fingerprint density at radius 3 is 2.14 bits per heavy atom. The molecule has 3 aromatic carbocycles. The minimum atomic E-state index is 1.20. The zero-order chi connectivity index (χ0) is 15.5. The molecular weight excluding hydrogens is 379 g/mol. The van der Waals surface area contributed by atoms with Crippen LogP contribution in [0.3, 0.4) is 0 Å². The molecule has 0 saturated heterocycles. The van der Waals surface area contributed by atoms with E-state index in [0.29, 0.717) is 0 Å². The van der Waals surface area contributed by atoms with E-state index >= 15 is 0 Å². The summed E-state index contributed by atoms with van der Waals surface area (Å²) in [4.78, 5) is 0. The van der Waals surface area contributed by atoms with Crippen molar-refractivity contribution in [3.05, 3.63) is 81.9 Å². The van der Waals surface area contributed by atoms with Crippen LogP contribution in [0.4, 0.5) is 0 Å². The fraction of sp³-hybridized carbons (Fsp3) is 0.0476. The fourth-order valence-corrected chi connectivity index (χ4v) is 3.83. The second-order valence-corrected chi connectivity index (χ2v) is 6.21. The molecule has 0 saturated carbocycles. The Morgan fingerprint density at radius 2 is 1.50 bits per heavy atom. The smallest absolute Gasteiger partial charge is 0.0287 e. The van der Waals surface area contributed by atoms with Crippen molar-refractivity contribution in [1.82, 2.24) is 0 Å². The van der Waals surface area contributed by atoms with Gasteiger partial charge in [0.05, 0.1) is 0 Å². The van der Waals surface area contributed by atoms with Crippen LogP contribution >= 0.6 is 22.6 Å². The third-order valence-electron chi connectivity index (χ3n) is 3.83. The minimum absolute atomic E-state index is 1.20. The van der Waals surface area contributed by atoms with Gasteiger partial charge < -0.3 is 0 Å². The third kappa shape index (κ3) is 2.50. The van der Waals surface area contributed by atoms with Crippen LogP contribution in [-0.2, 0) is 0 Å². The highest BCUT2D eigenvalue weighted by Crippen LogP contribution is 2.39. The SMILES string of the molecule is C=Cc1c(/C=C\C)c(I)c2ccccc2c1-c1ccccc1. The molecule has 0 aliphatic heterocycles. The molecule has 3 rings (SSSR count). The van der Waals surface area contributed by atoms with Crippen LogP contribution in [0.15, 0.2) is 67.3 Å². The molecule has 0 bridgehead atoms. The van der Waals surface area contributed by atoms with Gasteiger partial charge in [-0.3, -0.25) is 0 Å². The second kappa shape index (κ2) is 6.49. The Labute approximate surface area is 145 Å². The standard InChI is InChI=1S/C21H17I/c1-3-10-18-16(4-2)20(15-11-6-5-7-12-15)17-13-8-9-14-19(17)21(18)22/h3-14H,2H2,1H3/b10-3-. The third-order valence-corrected chi connectivity index (χ3v) is 4.99. The average molecular weight is 396 g/mol. The molecule has 0 aromatic heterocycles. The van der Waals surface area contributed by atoms with Crippen molar-refractivity contribution in [2.45, 2.75) is 6.92 Å². The van der Waals surface area contributed by atoms with E-state index < -0.39 is 0 Å². The number of fused-ring (bicyclic) bond motifs is 1. The molecular formula is C21H17I. The Kier molecular flexibility index (Phi) is 4.44. The van der Waals surface area contributed by atoms with Crippen LogP contribution < -0.4 is 0 Å². The lowest BCUT2D eigenvalue weighted by Crippen LogP contribution is -1.95. The van der Waals surface area contributed by atoms with Crippen LogP contribution in [-0.4, -0.2) is 0 Å². The zero-order valence-corrected chi connectivity index (χ0v) is 14.7. The largest absolute Gasteiger partial charge is 0.0984 e. The van der Waals surface area contributed by atoms with Gasteiger partial charge in [-0.1, -0.05) is 79.4 Å². The maximum atomic E-state index is 4.07. The summed E-state index contributed by atoms with van der Waals surface area (Å²) in [5, 5.41) is 2.57. The maximum Gasteiger partial charge on any atom is 0.0287 e. The molecule has 0 fully saturated rings. The van der Waals surface area contributed by atoms with Gasteiger partial charge in [-0.05, 0) is 62.5 Å². The maximum absolute atomic E-state index is 4.07. The first-order chi connectivity index (χ1) is 10.8. The molecule has 22 heavy (non-hydrogen) atoms. The van der Waals surface area contributed by atoms with Gasteiger partial charge in [0.25, 0.3) is 0 Å². The van der Waals surface area contributed by atoms with E-state index in [1.165, 1.54) is 36.6 Å². The van der Waals surface area contributed by atoms with Gasteiger partial charge in [0, 0.05) is 3.57 Å². The molecule has 0 unspecified atom stereocenters. The Bertz CT molecular complexity index is 858. The first kappa shape index (κ1) is 15.0. The molecule has 0 atom stereocenters. The highest BCUT2D eigenvalue weighted by Gasteiger charge is 2.15. The van der Waals surface area contributed by atoms with Crippen LogP contribution in [0.1, 0.15) is 18.1 Å². The van der Waals surface area contributed by atoms with E-state index in [1.54, 1.807) is 0 Å². The van der Waals surface area contributed by atoms with Crippen LogP contribution in [0.2, 0.25) is 0 Å². The van der Waals surface area contributed by atoms with Crippen molar-refractivity contribution in [1.29, 1.82) is 0 Å². The Balaban J connectivity index is 2.53. The lowest BCUT2D eigenvalue weighted by atomic mass is 9.89. The van der Waals surface area contributed by atoms with Gasteiger partial charge in [0.2, 0.25) is 0 Å². The molecule has 108 valence electrons. The van der Waals surface area contributed by atoms with Crippen LogP contribution in [0, 0.1) is 3.57 Å². The van der Waals surface area contributed by atoms with Crippen molar-refractivity contribution in [3.63, 3.8) is 0 Å². The normalized spacial score (nSPS) is 11.2. The van der Waals surface area contributed by atoms with Crippen molar-refractivity contribution in [2.75, 3.05) is 0 Å². The number of hydrogen-bond acceptors (Lipinski definition) is 0. The predicted octanol–water partition coefficient (Wildman–Crippen LogP) is 6.79. The predicted molar refractivity (Wildman–Crippen MR) is 107 cm³/mol. The highest BCUT2D eigenvalue weighted by atomic mass is 127. The second-order valence-electron chi connectivity index (χ2n) is 5.13. The van der Waals surface area contributed by atoms with E-state index in [-0.39, 0.29) is 0 Å². The number of allylic oxidation sites excluding steroid dienone is 1. The average Bonchev–Trinajstić information content (AvgIpc) is 2.58. The van der Waals surface area contributed by atoms with E-state index in [2.05, 4.69) is 103 Å². The molecule has 1 heteroatoms. The van der Waals surface area contributed by atoms with E-state index in [0.717, 1.165) is 0 Å². The monoisotopic (exact) mass is 396 g/mol. The first-order valence-electron chi connectivity index (χ1n) is 7.32. The molecule has 0 nitrogen and oxygen atoms in total. The van der Waals surface area contributed by atoms with Gasteiger partial charge >= 0.3 is 0 Å². The summed E-state index contributed by atoms with van der Waals surface area (Å²) in [5.74, 6) is 0. The molecule has 3 aromatic rings. The summed E-state index contributed by atoms with van der Waals surface area (Å²) in [5.41, 5.74) is 4.94. The Morgan fingerprint density at radius 1 is 0.864 bits per heavy atom. The number of rotatable bonds is 3. The molecule has 0 heterocycles. The highest BCUT2D eigenvalue weighted by molar-refractivity contribution is 14.1. The van der Waals surface area contributed by atoms with E-state index in [4.69, 9.17) is 0 Å². The minimum Gasteiger partial charge on any atom is -0.0984 e. The van der Waals surface area contributed by atoms with Crippen molar-refractivity contribution < 1.29 is 0 Å². The number of hydrogen-bond donors (Lipinski definition) is 0. The number of halogens is 1. The quantitative estimate of drug-likeness (QED) is 0.428. The lowest BCUT2D eigenvalue weighted by Gasteiger charge is -2.17. The summed E-state index contributed by atoms with van der Waals surface area (Å²) in [6.07, 6.45) is 6.25. The van der Waals surface area contributed by atoms with Gasteiger partial charge in [0.1, 0.15) is 0 Å². The van der Waals surface area contributed by atoms with E-state index in [1.807, 2.05) is 6.08 Å². The van der Waals surface area contributed by atoms with Gasteiger partial charge in [-0.2, -0.15) is 0 Å². The van der Waals surface area contributed by atoms with Gasteiger partial charge in [-0.25, -0.2) is 0 Å². The van der Waals surface area contributed by atoms with Crippen molar-refractivity contribution >= 4 is 45.5 Å². The molecule has 0 spiro atoms. The molecule has 0 aliphatic carbocycles. The van der Waals surface area contributed by atoms with Crippen LogP contribution in [0.5, 0.6) is 0 Å². The zero-order valence-electron chi connectivity index (χ0n) is 12.5. The summed E-state index contributed by atoms with van der Waals surface area (Å²) in [7, 11) is 0. The first-order valence-corrected chi connectivity index (χ1v) is 8.40. The molecule has 0 amide bonds. The van der Waals surface area contributed by atoms with Gasteiger partial charge in [0.15, 0.2) is 0 Å². The summed E-state index contributed by atoms with van der Waals surface area (Å²) in [6, 6.07) is 19.2. The molecule has 0 N–H and O–H groups in total. The number of benzene rings is 3. The van der Waals surface area contributed by atoms with Crippen molar-refractivity contribution in [2.24, 2.45) is 0 Å².